The van der Waals surface area contributed by atoms with Gasteiger partial charge in [-0.2, -0.15) is 10.2 Å². The quantitative estimate of drug-likeness (QED) is 0.901. The Morgan fingerprint density at radius 3 is 2.86 bits per heavy atom. The molecule has 2 aromatic rings. The minimum absolute atomic E-state index is 0.184. The molecule has 0 radical (unpaired) electrons. The van der Waals surface area contributed by atoms with Crippen molar-refractivity contribution in [1.82, 2.24) is 24.9 Å². The van der Waals surface area contributed by atoms with Gasteiger partial charge in [-0.25, -0.2) is 8.42 Å². The van der Waals surface area contributed by atoms with Crippen molar-refractivity contribution in [2.45, 2.75) is 30.7 Å². The molecule has 1 unspecified atom stereocenters. The zero-order valence-electron chi connectivity index (χ0n) is 13.1. The predicted molar refractivity (Wildman–Crippen MR) is 82.3 cm³/mol. The summed E-state index contributed by atoms with van der Waals surface area (Å²) in [6.07, 6.45) is 5.62. The summed E-state index contributed by atoms with van der Waals surface area (Å²) >= 11 is 0. The number of nitrogens with zero attached hydrogens (tertiary/aromatic N) is 4. The van der Waals surface area contributed by atoms with E-state index in [1.54, 1.807) is 0 Å². The number of hydrogen-bond acceptors (Lipinski definition) is 5. The van der Waals surface area contributed by atoms with Gasteiger partial charge in [0, 0.05) is 44.1 Å². The van der Waals surface area contributed by atoms with Gasteiger partial charge in [0.15, 0.2) is 9.84 Å². The molecule has 0 amide bonds. The van der Waals surface area contributed by atoms with Gasteiger partial charge in [0.05, 0.1) is 17.6 Å². The van der Waals surface area contributed by atoms with E-state index in [0.29, 0.717) is 4.90 Å². The van der Waals surface area contributed by atoms with Crippen molar-refractivity contribution < 1.29 is 8.42 Å². The molecule has 22 heavy (non-hydrogen) atoms. The molecule has 8 heteroatoms. The second kappa shape index (κ2) is 5.51. The molecule has 0 spiro atoms. The van der Waals surface area contributed by atoms with Crippen LogP contribution in [0.1, 0.15) is 29.3 Å². The van der Waals surface area contributed by atoms with Gasteiger partial charge in [-0.1, -0.05) is 0 Å². The average Bonchev–Trinajstić information content (AvgIpc) is 3.09. The second-order valence-corrected chi connectivity index (χ2v) is 8.04. The topological polar surface area (TPSA) is 83.9 Å². The monoisotopic (exact) mass is 323 g/mol. The summed E-state index contributed by atoms with van der Waals surface area (Å²) in [7, 11) is -1.31. The van der Waals surface area contributed by atoms with Crippen LogP contribution < -0.4 is 0 Å². The predicted octanol–water partition coefficient (Wildman–Crippen LogP) is 0.845. The lowest BCUT2D eigenvalue weighted by atomic mass is 10.1. The van der Waals surface area contributed by atoms with Crippen LogP contribution >= 0.6 is 0 Å². The van der Waals surface area contributed by atoms with E-state index in [0.717, 1.165) is 37.4 Å². The Hall–Kier alpha value is -1.67. The third-order valence-corrected chi connectivity index (χ3v) is 5.35. The van der Waals surface area contributed by atoms with E-state index in [2.05, 4.69) is 20.2 Å². The molecular formula is C14H21N5O2S. The largest absolute Gasteiger partial charge is 0.298 e. The van der Waals surface area contributed by atoms with Crippen LogP contribution in [0.5, 0.6) is 0 Å². The molecule has 1 aliphatic heterocycles. The van der Waals surface area contributed by atoms with Gasteiger partial charge in [-0.3, -0.25) is 14.7 Å². The van der Waals surface area contributed by atoms with Crippen LogP contribution in [0.2, 0.25) is 0 Å². The molecule has 7 nitrogen and oxygen atoms in total. The van der Waals surface area contributed by atoms with Crippen LogP contribution in [0.25, 0.3) is 0 Å². The number of rotatable bonds is 4. The average molecular weight is 323 g/mol. The number of H-pyrrole nitrogens is 1. The van der Waals surface area contributed by atoms with Gasteiger partial charge in [-0.05, 0) is 19.9 Å². The Morgan fingerprint density at radius 2 is 2.23 bits per heavy atom. The van der Waals surface area contributed by atoms with Gasteiger partial charge in [0.2, 0.25) is 0 Å². The van der Waals surface area contributed by atoms with Crippen LogP contribution in [0.15, 0.2) is 17.3 Å². The summed E-state index contributed by atoms with van der Waals surface area (Å²) in [6, 6.07) is 0. The van der Waals surface area contributed by atoms with Crippen LogP contribution in [-0.4, -0.2) is 52.6 Å². The van der Waals surface area contributed by atoms with E-state index >= 15 is 0 Å². The zero-order valence-corrected chi connectivity index (χ0v) is 13.9. The zero-order chi connectivity index (χ0) is 15.9. The summed E-state index contributed by atoms with van der Waals surface area (Å²) < 4.78 is 25.4. The molecule has 1 saturated heterocycles. The molecule has 120 valence electrons. The molecule has 1 fully saturated rings. The number of aromatic nitrogens is 4. The molecule has 0 aliphatic carbocycles. The highest BCUT2D eigenvalue weighted by atomic mass is 32.2. The van der Waals surface area contributed by atoms with E-state index in [1.165, 1.54) is 18.0 Å². The van der Waals surface area contributed by atoms with Gasteiger partial charge in [0.25, 0.3) is 0 Å². The first kappa shape index (κ1) is 15.2. The van der Waals surface area contributed by atoms with E-state index in [4.69, 9.17) is 0 Å². The number of nitrogens with one attached hydrogen (secondary N) is 1. The lowest BCUT2D eigenvalue weighted by Crippen LogP contribution is -2.20. The van der Waals surface area contributed by atoms with Gasteiger partial charge in [0.1, 0.15) is 4.90 Å². The Kier molecular flexibility index (Phi) is 3.82. The number of likely N-dealkylation sites (tertiary alicyclic amines) is 1. The summed E-state index contributed by atoms with van der Waals surface area (Å²) in [5.41, 5.74) is 3.01. The van der Waals surface area contributed by atoms with E-state index < -0.39 is 9.84 Å². The fourth-order valence-corrected chi connectivity index (χ4v) is 3.99. The molecule has 0 bridgehead atoms. The fraction of sp³-hybridized carbons (Fsp3) is 0.571. The maximum atomic E-state index is 11.8. The van der Waals surface area contributed by atoms with Crippen molar-refractivity contribution >= 4 is 9.84 Å². The Morgan fingerprint density at radius 1 is 1.45 bits per heavy atom. The van der Waals surface area contributed by atoms with Crippen molar-refractivity contribution in [1.29, 1.82) is 0 Å². The SMILES string of the molecule is Cc1nn(C)cc1CN1CCC(c2[nH]ncc2S(C)(=O)=O)C1. The minimum Gasteiger partial charge on any atom is -0.298 e. The maximum absolute atomic E-state index is 11.8. The summed E-state index contributed by atoms with van der Waals surface area (Å²) in [6.45, 7) is 4.64. The number of hydrogen-bond donors (Lipinski definition) is 1. The first-order valence-corrected chi connectivity index (χ1v) is 9.18. The van der Waals surface area contributed by atoms with Crippen molar-refractivity contribution in [3.63, 3.8) is 0 Å². The number of aryl methyl sites for hydroxylation is 2. The Balaban J connectivity index is 1.73. The smallest absolute Gasteiger partial charge is 0.178 e. The first-order chi connectivity index (χ1) is 10.3. The summed E-state index contributed by atoms with van der Waals surface area (Å²) in [5.74, 6) is 0.184. The molecule has 2 aromatic heterocycles. The van der Waals surface area contributed by atoms with Gasteiger partial charge < -0.3 is 0 Å². The lowest BCUT2D eigenvalue weighted by Gasteiger charge is -2.15. The van der Waals surface area contributed by atoms with Crippen molar-refractivity contribution in [2.24, 2.45) is 7.05 Å². The molecule has 3 rings (SSSR count). The molecule has 0 aromatic carbocycles. The van der Waals surface area contributed by atoms with Gasteiger partial charge in [-0.15, -0.1) is 0 Å². The molecule has 0 saturated carbocycles. The lowest BCUT2D eigenvalue weighted by molar-refractivity contribution is 0.325. The third kappa shape index (κ3) is 2.93. The Labute approximate surface area is 130 Å². The molecular weight excluding hydrogens is 302 g/mol. The van der Waals surface area contributed by atoms with Crippen molar-refractivity contribution in [3.8, 4) is 0 Å². The molecule has 1 atom stereocenters. The van der Waals surface area contributed by atoms with Crippen LogP contribution in [-0.2, 0) is 23.4 Å². The maximum Gasteiger partial charge on any atom is 0.178 e. The minimum atomic E-state index is -3.23. The number of aromatic amines is 1. The normalized spacial score (nSPS) is 19.9. The highest BCUT2D eigenvalue weighted by Crippen LogP contribution is 2.31. The van der Waals surface area contributed by atoms with Crippen LogP contribution in [0, 0.1) is 6.92 Å². The van der Waals surface area contributed by atoms with E-state index in [9.17, 15) is 8.42 Å². The summed E-state index contributed by atoms with van der Waals surface area (Å²) in [4.78, 5) is 2.67. The van der Waals surface area contributed by atoms with Crippen LogP contribution in [0.3, 0.4) is 0 Å². The Bertz CT molecular complexity index is 777. The highest BCUT2D eigenvalue weighted by molar-refractivity contribution is 7.90. The van der Waals surface area contributed by atoms with Crippen molar-refractivity contribution in [2.75, 3.05) is 19.3 Å². The van der Waals surface area contributed by atoms with Crippen LogP contribution in [0.4, 0.5) is 0 Å². The fourth-order valence-electron chi connectivity index (χ4n) is 3.13. The van der Waals surface area contributed by atoms with E-state index in [1.807, 2.05) is 24.9 Å². The third-order valence-electron chi connectivity index (χ3n) is 4.22. The molecule has 1 N–H and O–H groups in total. The molecule has 3 heterocycles. The summed E-state index contributed by atoms with van der Waals surface area (Å²) in [5, 5.41) is 11.2. The molecule has 1 aliphatic rings. The first-order valence-electron chi connectivity index (χ1n) is 7.29. The second-order valence-electron chi connectivity index (χ2n) is 6.05. The number of sulfone groups is 1. The highest BCUT2D eigenvalue weighted by Gasteiger charge is 2.29. The van der Waals surface area contributed by atoms with Crippen molar-refractivity contribution in [3.05, 3.63) is 29.3 Å². The van der Waals surface area contributed by atoms with E-state index in [-0.39, 0.29) is 5.92 Å². The standard InChI is InChI=1S/C14H21N5O2S/c1-10-12(7-18(2)17-10)9-19-5-4-11(8-19)14-13(6-15-16-14)22(3,20)21/h6-7,11H,4-5,8-9H2,1-3H3,(H,15,16). The van der Waals surface area contributed by atoms with Gasteiger partial charge >= 0.3 is 0 Å².